The Hall–Kier alpha value is -2.38. The maximum Gasteiger partial charge on any atom is 0.494 e. The Kier molecular flexibility index (Phi) is 6.01. The highest BCUT2D eigenvalue weighted by Gasteiger charge is 2.51. The molecule has 1 heterocycles. The lowest BCUT2D eigenvalue weighted by Crippen LogP contribution is -2.41. The minimum atomic E-state index is -0.636. The quantitative estimate of drug-likeness (QED) is 0.769. The molecule has 7 heteroatoms. The number of nitrogens with one attached hydrogen (secondary N) is 1. The molecule has 1 N–H and O–H groups in total. The van der Waals surface area contributed by atoms with Crippen LogP contribution in [0.25, 0.3) is 0 Å². The number of hydrogen-bond acceptors (Lipinski definition) is 4. The van der Waals surface area contributed by atoms with E-state index in [-0.39, 0.29) is 6.61 Å². The van der Waals surface area contributed by atoms with E-state index in [4.69, 9.17) is 14.0 Å². The summed E-state index contributed by atoms with van der Waals surface area (Å²) in [6.07, 6.45) is -0.601. The van der Waals surface area contributed by atoms with Crippen molar-refractivity contribution in [1.82, 2.24) is 5.32 Å². The maximum absolute atomic E-state index is 14.7. The minimum absolute atomic E-state index is 0.155. The summed E-state index contributed by atoms with van der Waals surface area (Å²) in [5.74, 6) is -0.437. The Morgan fingerprint density at radius 1 is 1.10 bits per heavy atom. The maximum atomic E-state index is 14.7. The van der Waals surface area contributed by atoms with E-state index in [9.17, 15) is 9.18 Å². The highest BCUT2D eigenvalue weighted by molar-refractivity contribution is 6.62. The van der Waals surface area contributed by atoms with Crippen LogP contribution in [0.5, 0.6) is 0 Å². The molecule has 1 unspecified atom stereocenters. The van der Waals surface area contributed by atoms with Crippen molar-refractivity contribution >= 4 is 18.7 Å². The topological polar surface area (TPSA) is 56.8 Å². The lowest BCUT2D eigenvalue weighted by Gasteiger charge is -2.32. The van der Waals surface area contributed by atoms with E-state index in [2.05, 4.69) is 5.32 Å². The molecular weight excluding hydrogens is 372 g/mol. The largest absolute Gasteiger partial charge is 0.494 e. The minimum Gasteiger partial charge on any atom is -0.445 e. The van der Waals surface area contributed by atoms with Crippen molar-refractivity contribution in [3.05, 3.63) is 65.5 Å². The van der Waals surface area contributed by atoms with Gasteiger partial charge in [-0.3, -0.25) is 0 Å². The first-order chi connectivity index (χ1) is 13.6. The molecule has 0 saturated carbocycles. The molecule has 3 rings (SSSR count). The third-order valence-electron chi connectivity index (χ3n) is 5.56. The van der Waals surface area contributed by atoms with Crippen molar-refractivity contribution in [2.45, 2.75) is 58.5 Å². The molecule has 1 atom stereocenters. The van der Waals surface area contributed by atoms with Crippen LogP contribution in [0.3, 0.4) is 0 Å². The van der Waals surface area contributed by atoms with Crippen LogP contribution in [-0.4, -0.2) is 24.4 Å². The van der Waals surface area contributed by atoms with Gasteiger partial charge in [0.05, 0.1) is 17.2 Å². The summed E-state index contributed by atoms with van der Waals surface area (Å²) >= 11 is 0. The van der Waals surface area contributed by atoms with Crippen LogP contribution in [0.2, 0.25) is 0 Å². The molecule has 1 amide bonds. The van der Waals surface area contributed by atoms with Crippen molar-refractivity contribution in [3.8, 4) is 0 Å². The van der Waals surface area contributed by atoms with Crippen molar-refractivity contribution in [2.75, 3.05) is 0 Å². The van der Waals surface area contributed by atoms with Gasteiger partial charge in [0, 0.05) is 5.56 Å². The first kappa shape index (κ1) is 21.3. The summed E-state index contributed by atoms with van der Waals surface area (Å²) in [5.41, 5.74) is 0.855. The molecule has 1 fully saturated rings. The van der Waals surface area contributed by atoms with Gasteiger partial charge in [0.15, 0.2) is 0 Å². The molecule has 1 aliphatic rings. The molecule has 2 aromatic carbocycles. The van der Waals surface area contributed by atoms with E-state index < -0.39 is 36.3 Å². The van der Waals surface area contributed by atoms with E-state index in [1.807, 2.05) is 58.0 Å². The third-order valence-corrected chi connectivity index (χ3v) is 5.56. The van der Waals surface area contributed by atoms with Gasteiger partial charge in [-0.25, -0.2) is 9.18 Å². The molecular formula is C22H27BFNO4. The summed E-state index contributed by atoms with van der Waals surface area (Å²) in [6.45, 7) is 9.66. The van der Waals surface area contributed by atoms with Crippen molar-refractivity contribution in [1.29, 1.82) is 0 Å². The van der Waals surface area contributed by atoms with Gasteiger partial charge >= 0.3 is 13.2 Å². The second kappa shape index (κ2) is 8.16. The second-order valence-corrected chi connectivity index (χ2v) is 8.30. The van der Waals surface area contributed by atoms with Gasteiger partial charge in [-0.1, -0.05) is 42.5 Å². The summed E-state index contributed by atoms with van der Waals surface area (Å²) < 4.78 is 31.9. The Labute approximate surface area is 171 Å². The van der Waals surface area contributed by atoms with Crippen LogP contribution in [-0.2, 0) is 20.7 Å². The fraction of sp³-hybridized carbons (Fsp3) is 0.409. The fourth-order valence-corrected chi connectivity index (χ4v) is 3.04. The first-order valence-corrected chi connectivity index (χ1v) is 9.71. The Morgan fingerprint density at radius 2 is 1.72 bits per heavy atom. The normalized spacial score (nSPS) is 18.3. The van der Waals surface area contributed by atoms with Crippen LogP contribution in [0.4, 0.5) is 9.18 Å². The van der Waals surface area contributed by atoms with Crippen molar-refractivity contribution in [3.63, 3.8) is 0 Å². The number of rotatable bonds is 5. The number of carbonyl (C=O) groups excluding carboxylic acids is 1. The van der Waals surface area contributed by atoms with Gasteiger partial charge in [-0.05, 0) is 51.7 Å². The lowest BCUT2D eigenvalue weighted by molar-refractivity contribution is 0.00578. The van der Waals surface area contributed by atoms with E-state index >= 15 is 0 Å². The lowest BCUT2D eigenvalue weighted by atomic mass is 9.78. The number of hydrogen-bond donors (Lipinski definition) is 1. The SMILES string of the molecule is CC(NC(=O)OCc1ccccc1)c1ccc(B2OC(C)(C)C(C)(C)O2)cc1F. The average molecular weight is 399 g/mol. The van der Waals surface area contributed by atoms with E-state index in [0.717, 1.165) is 5.56 Å². The standard InChI is InChI=1S/C22H27BFNO4/c1-15(25-20(26)27-14-16-9-7-6-8-10-16)18-12-11-17(13-19(18)24)23-28-21(2,3)22(4,5)29-23/h6-13,15H,14H2,1-5H3,(H,25,26). The van der Waals surface area contributed by atoms with E-state index in [1.54, 1.807) is 19.1 Å². The fourth-order valence-electron chi connectivity index (χ4n) is 3.04. The van der Waals surface area contributed by atoms with Crippen molar-refractivity contribution in [2.24, 2.45) is 0 Å². The van der Waals surface area contributed by atoms with E-state index in [0.29, 0.717) is 11.0 Å². The number of amides is 1. The molecule has 2 aromatic rings. The zero-order valence-corrected chi connectivity index (χ0v) is 17.5. The van der Waals surface area contributed by atoms with Crippen molar-refractivity contribution < 1.29 is 23.2 Å². The number of halogens is 1. The Bertz CT molecular complexity index is 856. The average Bonchev–Trinajstić information content (AvgIpc) is 2.88. The monoisotopic (exact) mass is 399 g/mol. The number of ether oxygens (including phenoxy) is 1. The molecule has 0 aliphatic carbocycles. The molecule has 154 valence electrons. The predicted octanol–water partition coefficient (Wildman–Crippen LogP) is 4.11. The summed E-state index contributed by atoms with van der Waals surface area (Å²) in [7, 11) is -0.636. The Morgan fingerprint density at radius 3 is 2.31 bits per heavy atom. The van der Waals surface area contributed by atoms with Gasteiger partial charge in [-0.2, -0.15) is 0 Å². The summed E-state index contributed by atoms with van der Waals surface area (Å²) in [5, 5.41) is 2.66. The summed E-state index contributed by atoms with van der Waals surface area (Å²) in [6, 6.07) is 13.6. The zero-order chi connectivity index (χ0) is 21.2. The molecule has 0 bridgehead atoms. The molecule has 0 spiro atoms. The first-order valence-electron chi connectivity index (χ1n) is 9.71. The van der Waals surface area contributed by atoms with Crippen LogP contribution in [0, 0.1) is 5.82 Å². The second-order valence-electron chi connectivity index (χ2n) is 8.30. The highest BCUT2D eigenvalue weighted by Crippen LogP contribution is 2.36. The summed E-state index contributed by atoms with van der Waals surface area (Å²) in [4.78, 5) is 12.0. The number of alkyl carbamates (subject to hydrolysis) is 1. The van der Waals surface area contributed by atoms with Gasteiger partial charge in [0.1, 0.15) is 12.4 Å². The van der Waals surface area contributed by atoms with Gasteiger partial charge < -0.3 is 19.4 Å². The molecule has 1 saturated heterocycles. The third kappa shape index (κ3) is 4.79. The van der Waals surface area contributed by atoms with Crippen LogP contribution >= 0.6 is 0 Å². The van der Waals surface area contributed by atoms with Gasteiger partial charge in [0.25, 0.3) is 0 Å². The Balaban J connectivity index is 1.62. The van der Waals surface area contributed by atoms with Crippen LogP contribution in [0.1, 0.15) is 51.8 Å². The zero-order valence-electron chi connectivity index (χ0n) is 17.5. The van der Waals surface area contributed by atoms with Gasteiger partial charge in [-0.15, -0.1) is 0 Å². The molecule has 1 aliphatic heterocycles. The molecule has 5 nitrogen and oxygen atoms in total. The van der Waals surface area contributed by atoms with Crippen LogP contribution < -0.4 is 10.8 Å². The molecule has 0 aromatic heterocycles. The highest BCUT2D eigenvalue weighted by atomic mass is 19.1. The van der Waals surface area contributed by atoms with E-state index in [1.165, 1.54) is 6.07 Å². The molecule has 0 radical (unpaired) electrons. The smallest absolute Gasteiger partial charge is 0.445 e. The number of carbonyl (C=O) groups is 1. The number of benzene rings is 2. The van der Waals surface area contributed by atoms with Gasteiger partial charge in [0.2, 0.25) is 0 Å². The van der Waals surface area contributed by atoms with Crippen LogP contribution in [0.15, 0.2) is 48.5 Å². The predicted molar refractivity (Wildman–Crippen MR) is 110 cm³/mol. The molecule has 29 heavy (non-hydrogen) atoms.